The second-order valence-corrected chi connectivity index (χ2v) is 8.91. The average molecular weight is 518 g/mol. The molecule has 1 atom stereocenters. The van der Waals surface area contributed by atoms with Crippen molar-refractivity contribution in [2.75, 3.05) is 33.0 Å². The van der Waals surface area contributed by atoms with E-state index in [4.69, 9.17) is 18.9 Å². The molecule has 1 N–H and O–H groups in total. The zero-order valence-corrected chi connectivity index (χ0v) is 22.6. The molecule has 0 fully saturated rings. The van der Waals surface area contributed by atoms with Crippen molar-refractivity contribution in [2.24, 2.45) is 0 Å². The van der Waals surface area contributed by atoms with Crippen molar-refractivity contribution >= 4 is 11.9 Å². The van der Waals surface area contributed by atoms with Gasteiger partial charge in [-0.15, -0.1) is 0 Å². The zero-order chi connectivity index (χ0) is 26.9. The van der Waals surface area contributed by atoms with Crippen LogP contribution in [0.3, 0.4) is 0 Å². The first-order valence-corrected chi connectivity index (χ1v) is 13.5. The predicted octanol–water partition coefficient (Wildman–Crippen LogP) is 5.31. The van der Waals surface area contributed by atoms with Gasteiger partial charge in [0, 0.05) is 38.1 Å². The minimum atomic E-state index is -0.965. The summed E-state index contributed by atoms with van der Waals surface area (Å²) in [4.78, 5) is 24.0. The standard InChI is InChI=1S/C29H43NO7/c1-4-7-18-34-21-17-30-16-15-25(29(33)37-19-8-5-2)26(30)10-9-20-36-24-13-11-23(12-14-24)22-27(28(31)32)35-6-3/h11-16,27H,4-10,17-22H2,1-3H3,(H,31,32). The molecule has 0 saturated carbocycles. The van der Waals surface area contributed by atoms with E-state index < -0.39 is 12.1 Å². The Morgan fingerprint density at radius 2 is 1.65 bits per heavy atom. The summed E-state index contributed by atoms with van der Waals surface area (Å²) in [5.74, 6) is -0.531. The number of rotatable bonds is 20. The lowest BCUT2D eigenvalue weighted by atomic mass is 10.1. The first kappa shape index (κ1) is 30.4. The second kappa shape index (κ2) is 17.6. The molecule has 2 aromatic rings. The van der Waals surface area contributed by atoms with Gasteiger partial charge in [0.05, 0.1) is 25.4 Å². The van der Waals surface area contributed by atoms with Crippen LogP contribution in [0.15, 0.2) is 36.5 Å². The lowest BCUT2D eigenvalue weighted by molar-refractivity contribution is -0.149. The first-order chi connectivity index (χ1) is 18.0. The number of hydrogen-bond donors (Lipinski definition) is 1. The van der Waals surface area contributed by atoms with Crippen molar-refractivity contribution in [1.29, 1.82) is 0 Å². The van der Waals surface area contributed by atoms with Crippen LogP contribution in [0.4, 0.5) is 0 Å². The highest BCUT2D eigenvalue weighted by Crippen LogP contribution is 2.18. The number of unbranched alkanes of at least 4 members (excludes halogenated alkanes) is 2. The Morgan fingerprint density at radius 1 is 0.919 bits per heavy atom. The molecule has 0 aliphatic rings. The molecule has 2 rings (SSSR count). The van der Waals surface area contributed by atoms with E-state index in [0.717, 1.165) is 50.0 Å². The fraction of sp³-hybridized carbons (Fsp3) is 0.586. The zero-order valence-electron chi connectivity index (χ0n) is 22.6. The van der Waals surface area contributed by atoms with Gasteiger partial charge in [-0.1, -0.05) is 38.8 Å². The number of carbonyl (C=O) groups excluding carboxylic acids is 1. The van der Waals surface area contributed by atoms with Gasteiger partial charge in [-0.2, -0.15) is 0 Å². The molecule has 0 amide bonds. The summed E-state index contributed by atoms with van der Waals surface area (Å²) in [5, 5.41) is 9.26. The van der Waals surface area contributed by atoms with Gasteiger partial charge in [0.15, 0.2) is 6.10 Å². The van der Waals surface area contributed by atoms with Crippen LogP contribution < -0.4 is 4.74 Å². The van der Waals surface area contributed by atoms with Crippen molar-refractivity contribution in [2.45, 2.75) is 78.4 Å². The molecule has 0 radical (unpaired) electrons. The quantitative estimate of drug-likeness (QED) is 0.188. The highest BCUT2D eigenvalue weighted by atomic mass is 16.5. The minimum Gasteiger partial charge on any atom is -0.494 e. The summed E-state index contributed by atoms with van der Waals surface area (Å²) in [6.07, 6.45) is 6.74. The maximum absolute atomic E-state index is 12.7. The van der Waals surface area contributed by atoms with E-state index in [-0.39, 0.29) is 5.97 Å². The molecule has 1 aromatic carbocycles. The summed E-state index contributed by atoms with van der Waals surface area (Å²) < 4.78 is 24.5. The summed E-state index contributed by atoms with van der Waals surface area (Å²) >= 11 is 0. The molecule has 8 nitrogen and oxygen atoms in total. The van der Waals surface area contributed by atoms with Crippen LogP contribution in [0.25, 0.3) is 0 Å². The molecule has 0 aliphatic carbocycles. The molecular weight excluding hydrogens is 474 g/mol. The van der Waals surface area contributed by atoms with Gasteiger partial charge in [0.2, 0.25) is 0 Å². The maximum atomic E-state index is 12.7. The number of hydrogen-bond acceptors (Lipinski definition) is 6. The Kier molecular flexibility index (Phi) is 14.4. The number of aromatic nitrogens is 1. The molecule has 0 bridgehead atoms. The Balaban J connectivity index is 1.92. The van der Waals surface area contributed by atoms with Crippen molar-refractivity contribution in [3.8, 4) is 5.75 Å². The fourth-order valence-corrected chi connectivity index (χ4v) is 3.86. The fourth-order valence-electron chi connectivity index (χ4n) is 3.86. The third kappa shape index (κ3) is 11.0. The van der Waals surface area contributed by atoms with E-state index in [0.29, 0.717) is 57.1 Å². The van der Waals surface area contributed by atoms with Gasteiger partial charge in [0.25, 0.3) is 0 Å². The maximum Gasteiger partial charge on any atom is 0.339 e. The summed E-state index contributed by atoms with van der Waals surface area (Å²) in [7, 11) is 0. The van der Waals surface area contributed by atoms with E-state index in [1.807, 2.05) is 36.5 Å². The Bertz CT molecular complexity index is 923. The molecule has 1 aromatic heterocycles. The largest absolute Gasteiger partial charge is 0.494 e. The van der Waals surface area contributed by atoms with Crippen LogP contribution in [0.2, 0.25) is 0 Å². The number of carboxylic acid groups (broad SMARTS) is 1. The molecule has 1 unspecified atom stereocenters. The highest BCUT2D eigenvalue weighted by molar-refractivity contribution is 5.90. The van der Waals surface area contributed by atoms with Crippen LogP contribution in [0.1, 0.15) is 74.5 Å². The predicted molar refractivity (Wildman–Crippen MR) is 142 cm³/mol. The number of benzene rings is 1. The molecule has 37 heavy (non-hydrogen) atoms. The summed E-state index contributed by atoms with van der Waals surface area (Å²) in [6.45, 7) is 9.27. The van der Waals surface area contributed by atoms with E-state index in [1.54, 1.807) is 6.92 Å². The van der Waals surface area contributed by atoms with Crippen LogP contribution in [-0.2, 0) is 38.4 Å². The first-order valence-electron chi connectivity index (χ1n) is 13.5. The molecular formula is C29H43NO7. The molecule has 1 heterocycles. The van der Waals surface area contributed by atoms with Crippen molar-refractivity contribution in [3.05, 3.63) is 53.3 Å². The number of carboxylic acids is 1. The Labute approximate surface area is 220 Å². The normalized spacial score (nSPS) is 11.9. The summed E-state index contributed by atoms with van der Waals surface area (Å²) in [6, 6.07) is 9.23. The van der Waals surface area contributed by atoms with Crippen LogP contribution in [0.5, 0.6) is 5.75 Å². The smallest absolute Gasteiger partial charge is 0.339 e. The SMILES string of the molecule is CCCCOCCn1ccc(C(=O)OCCCC)c1CCCOc1ccc(CC(OCC)C(=O)O)cc1. The van der Waals surface area contributed by atoms with Crippen LogP contribution in [0, 0.1) is 0 Å². The topological polar surface area (TPSA) is 96.2 Å². The molecule has 0 spiro atoms. The lowest BCUT2D eigenvalue weighted by Crippen LogP contribution is -2.26. The van der Waals surface area contributed by atoms with E-state index >= 15 is 0 Å². The van der Waals surface area contributed by atoms with Gasteiger partial charge >= 0.3 is 11.9 Å². The monoisotopic (exact) mass is 517 g/mol. The molecule has 0 aliphatic heterocycles. The molecule has 206 valence electrons. The van der Waals surface area contributed by atoms with Gasteiger partial charge in [0.1, 0.15) is 5.75 Å². The Hall–Kier alpha value is -2.84. The van der Waals surface area contributed by atoms with Crippen LogP contribution >= 0.6 is 0 Å². The third-order valence-electron chi connectivity index (χ3n) is 5.96. The lowest BCUT2D eigenvalue weighted by Gasteiger charge is -2.14. The van der Waals surface area contributed by atoms with E-state index in [2.05, 4.69) is 18.4 Å². The van der Waals surface area contributed by atoms with Crippen molar-refractivity contribution < 1.29 is 33.6 Å². The molecule has 0 saturated heterocycles. The number of aliphatic carboxylic acids is 1. The average Bonchev–Trinajstić information content (AvgIpc) is 3.29. The van der Waals surface area contributed by atoms with Gasteiger partial charge in [-0.05, 0) is 56.4 Å². The highest BCUT2D eigenvalue weighted by Gasteiger charge is 2.19. The van der Waals surface area contributed by atoms with Crippen molar-refractivity contribution in [3.63, 3.8) is 0 Å². The third-order valence-corrected chi connectivity index (χ3v) is 5.96. The van der Waals surface area contributed by atoms with E-state index in [1.165, 1.54) is 0 Å². The number of carbonyl (C=O) groups is 2. The van der Waals surface area contributed by atoms with Gasteiger partial charge in [-0.25, -0.2) is 9.59 Å². The minimum absolute atomic E-state index is 0.280. The van der Waals surface area contributed by atoms with Gasteiger partial charge in [-0.3, -0.25) is 0 Å². The van der Waals surface area contributed by atoms with Gasteiger partial charge < -0.3 is 28.6 Å². The van der Waals surface area contributed by atoms with Crippen molar-refractivity contribution in [1.82, 2.24) is 4.57 Å². The van der Waals surface area contributed by atoms with Crippen LogP contribution in [-0.4, -0.2) is 60.8 Å². The number of nitrogens with zero attached hydrogens (tertiary/aromatic N) is 1. The molecule has 8 heteroatoms. The Morgan fingerprint density at radius 3 is 2.32 bits per heavy atom. The number of esters is 1. The second-order valence-electron chi connectivity index (χ2n) is 8.91. The van der Waals surface area contributed by atoms with E-state index in [9.17, 15) is 14.7 Å². The number of ether oxygens (including phenoxy) is 4. The summed E-state index contributed by atoms with van der Waals surface area (Å²) in [5.41, 5.74) is 2.42.